The highest BCUT2D eigenvalue weighted by Gasteiger charge is 2.00. The number of hydrogen-bond acceptors (Lipinski definition) is 2. The summed E-state index contributed by atoms with van der Waals surface area (Å²) in [6.07, 6.45) is 0.632. The van der Waals surface area contributed by atoms with Crippen molar-refractivity contribution in [1.29, 1.82) is 0 Å². The summed E-state index contributed by atoms with van der Waals surface area (Å²) in [6, 6.07) is 16.1. The zero-order valence-corrected chi connectivity index (χ0v) is 11.7. The first-order valence-corrected chi connectivity index (χ1v) is 6.60. The second-order valence-electron chi connectivity index (χ2n) is 4.50. The molecule has 0 spiro atoms. The normalized spacial score (nSPS) is 10.2. The second-order valence-corrected chi connectivity index (χ2v) is 5.03. The Bertz CT molecular complexity index is 563. The molecule has 0 aliphatic carbocycles. The predicted molar refractivity (Wildman–Crippen MR) is 82.4 cm³/mol. The molecule has 0 bridgehead atoms. The smallest absolute Gasteiger partial charge is 0.119 e. The van der Waals surface area contributed by atoms with Gasteiger partial charge in [-0.25, -0.2) is 0 Å². The van der Waals surface area contributed by atoms with Gasteiger partial charge in [0.2, 0.25) is 0 Å². The van der Waals surface area contributed by atoms with Gasteiger partial charge in [0.25, 0.3) is 0 Å². The molecule has 0 radical (unpaired) electrons. The molecule has 2 N–H and O–H groups in total. The largest absolute Gasteiger partial charge is 0.489 e. The van der Waals surface area contributed by atoms with Crippen LogP contribution in [0.3, 0.4) is 0 Å². The van der Waals surface area contributed by atoms with Gasteiger partial charge in [-0.2, -0.15) is 0 Å². The average Bonchev–Trinajstić information content (AvgIpc) is 2.39. The minimum atomic E-state index is 0.508. The molecule has 0 saturated carbocycles. The Hall–Kier alpha value is -1.87. The molecule has 2 nitrogen and oxygen atoms in total. The molecule has 0 aromatic heterocycles. The number of ether oxygens (including phenoxy) is 1. The van der Waals surface area contributed by atoms with Gasteiger partial charge in [0.15, 0.2) is 0 Å². The highest BCUT2D eigenvalue weighted by atomic mass is 32.1. The van der Waals surface area contributed by atoms with Crippen LogP contribution < -0.4 is 10.5 Å². The van der Waals surface area contributed by atoms with E-state index in [0.717, 1.165) is 11.3 Å². The van der Waals surface area contributed by atoms with Crippen molar-refractivity contribution in [2.75, 3.05) is 0 Å². The highest BCUT2D eigenvalue weighted by molar-refractivity contribution is 7.80. The summed E-state index contributed by atoms with van der Waals surface area (Å²) in [6.45, 7) is 2.67. The molecule has 0 amide bonds. The lowest BCUT2D eigenvalue weighted by Crippen LogP contribution is -2.10. The molecule has 0 unspecified atom stereocenters. The van der Waals surface area contributed by atoms with Gasteiger partial charge in [-0.15, -0.1) is 0 Å². The van der Waals surface area contributed by atoms with E-state index in [1.54, 1.807) is 0 Å². The number of benzene rings is 2. The highest BCUT2D eigenvalue weighted by Crippen LogP contribution is 2.16. The Kier molecular flexibility index (Phi) is 4.53. The van der Waals surface area contributed by atoms with Crippen molar-refractivity contribution in [3.8, 4) is 5.75 Å². The number of hydrogen-bond donors (Lipinski definition) is 1. The average molecular weight is 271 g/mol. The Labute approximate surface area is 119 Å². The van der Waals surface area contributed by atoms with Crippen molar-refractivity contribution in [2.24, 2.45) is 5.73 Å². The number of thiocarbonyl (C=S) groups is 1. The summed E-state index contributed by atoms with van der Waals surface area (Å²) >= 11 is 4.89. The molecule has 2 aromatic rings. The van der Waals surface area contributed by atoms with E-state index in [0.29, 0.717) is 18.0 Å². The molecule has 0 fully saturated rings. The molecule has 2 aromatic carbocycles. The van der Waals surface area contributed by atoms with Gasteiger partial charge >= 0.3 is 0 Å². The van der Waals surface area contributed by atoms with Gasteiger partial charge < -0.3 is 10.5 Å². The fraction of sp³-hybridized carbons (Fsp3) is 0.188. The van der Waals surface area contributed by atoms with Crippen LogP contribution in [-0.2, 0) is 13.0 Å². The molecular formula is C16H17NOS. The molecule has 98 valence electrons. The van der Waals surface area contributed by atoms with Gasteiger partial charge in [0.05, 0.1) is 4.99 Å². The topological polar surface area (TPSA) is 35.2 Å². The Morgan fingerprint density at radius 1 is 1.11 bits per heavy atom. The van der Waals surface area contributed by atoms with Crippen LogP contribution in [0.4, 0.5) is 0 Å². The van der Waals surface area contributed by atoms with Gasteiger partial charge in [0.1, 0.15) is 12.4 Å². The summed E-state index contributed by atoms with van der Waals surface area (Å²) in [5, 5.41) is 0. The van der Waals surface area contributed by atoms with Crippen LogP contribution >= 0.6 is 12.2 Å². The van der Waals surface area contributed by atoms with Crippen molar-refractivity contribution in [2.45, 2.75) is 20.0 Å². The molecule has 19 heavy (non-hydrogen) atoms. The van der Waals surface area contributed by atoms with Crippen molar-refractivity contribution in [3.63, 3.8) is 0 Å². The standard InChI is InChI=1S/C16H17NOS/c1-12-4-2-3-5-14(12)11-18-15-8-6-13(7-9-15)10-16(17)19/h2-9H,10-11H2,1H3,(H2,17,19). The fourth-order valence-corrected chi connectivity index (χ4v) is 2.00. The molecule has 2 rings (SSSR count). The summed E-state index contributed by atoms with van der Waals surface area (Å²) in [5.74, 6) is 0.856. The monoisotopic (exact) mass is 271 g/mol. The lowest BCUT2D eigenvalue weighted by Gasteiger charge is -2.09. The third kappa shape index (κ3) is 4.07. The quantitative estimate of drug-likeness (QED) is 0.846. The van der Waals surface area contributed by atoms with Crippen LogP contribution in [0.25, 0.3) is 0 Å². The van der Waals surface area contributed by atoms with E-state index in [9.17, 15) is 0 Å². The third-order valence-electron chi connectivity index (χ3n) is 2.96. The zero-order chi connectivity index (χ0) is 13.7. The lowest BCUT2D eigenvalue weighted by molar-refractivity contribution is 0.305. The van der Waals surface area contributed by atoms with Crippen LogP contribution in [0.5, 0.6) is 5.75 Å². The number of rotatable bonds is 5. The summed E-state index contributed by atoms with van der Waals surface area (Å²) in [4.78, 5) is 0.508. The van der Waals surface area contributed by atoms with Crippen molar-refractivity contribution < 1.29 is 4.74 Å². The van der Waals surface area contributed by atoms with Crippen LogP contribution in [0.1, 0.15) is 16.7 Å². The molecule has 0 aliphatic heterocycles. The number of nitrogens with two attached hydrogens (primary N) is 1. The molecule has 0 aliphatic rings. The van der Waals surface area contributed by atoms with Crippen LogP contribution in [0, 0.1) is 6.92 Å². The maximum Gasteiger partial charge on any atom is 0.119 e. The lowest BCUT2D eigenvalue weighted by atomic mass is 10.1. The Balaban J connectivity index is 1.97. The number of aryl methyl sites for hydroxylation is 1. The zero-order valence-electron chi connectivity index (χ0n) is 10.9. The van der Waals surface area contributed by atoms with E-state index in [-0.39, 0.29) is 0 Å². The first-order valence-electron chi connectivity index (χ1n) is 6.19. The van der Waals surface area contributed by atoms with Crippen molar-refractivity contribution in [3.05, 3.63) is 65.2 Å². The van der Waals surface area contributed by atoms with Gasteiger partial charge in [-0.3, -0.25) is 0 Å². The van der Waals surface area contributed by atoms with Crippen molar-refractivity contribution in [1.82, 2.24) is 0 Å². The van der Waals surface area contributed by atoms with Gasteiger partial charge in [0, 0.05) is 6.42 Å². The van der Waals surface area contributed by atoms with Crippen LogP contribution in [0.15, 0.2) is 48.5 Å². The third-order valence-corrected chi connectivity index (χ3v) is 3.10. The van der Waals surface area contributed by atoms with E-state index >= 15 is 0 Å². The Morgan fingerprint density at radius 2 is 1.79 bits per heavy atom. The van der Waals surface area contributed by atoms with E-state index in [4.69, 9.17) is 22.7 Å². The predicted octanol–water partition coefficient (Wildman–Crippen LogP) is 3.40. The van der Waals surface area contributed by atoms with Gasteiger partial charge in [-0.05, 0) is 35.7 Å². The Morgan fingerprint density at radius 3 is 2.42 bits per heavy atom. The minimum absolute atomic E-state index is 0.508. The second kappa shape index (κ2) is 6.34. The first kappa shape index (κ1) is 13.6. The molecule has 0 heterocycles. The summed E-state index contributed by atoms with van der Waals surface area (Å²) in [7, 11) is 0. The van der Waals surface area contributed by atoms with Crippen LogP contribution in [-0.4, -0.2) is 4.99 Å². The summed E-state index contributed by atoms with van der Waals surface area (Å²) in [5.41, 5.74) is 9.07. The van der Waals surface area contributed by atoms with E-state index in [1.807, 2.05) is 36.4 Å². The summed E-state index contributed by atoms with van der Waals surface area (Å²) < 4.78 is 5.77. The maximum atomic E-state index is 5.77. The molecule has 3 heteroatoms. The maximum absolute atomic E-state index is 5.77. The van der Waals surface area contributed by atoms with Crippen LogP contribution in [0.2, 0.25) is 0 Å². The SMILES string of the molecule is Cc1ccccc1COc1ccc(CC(N)=S)cc1. The van der Waals surface area contributed by atoms with E-state index in [1.165, 1.54) is 11.1 Å². The van der Waals surface area contributed by atoms with E-state index < -0.39 is 0 Å². The molecule has 0 saturated heterocycles. The molecule has 0 atom stereocenters. The first-order chi connectivity index (χ1) is 9.15. The molecular weight excluding hydrogens is 254 g/mol. The van der Waals surface area contributed by atoms with Gasteiger partial charge in [-0.1, -0.05) is 48.6 Å². The minimum Gasteiger partial charge on any atom is -0.489 e. The fourth-order valence-electron chi connectivity index (χ4n) is 1.84. The van der Waals surface area contributed by atoms with Crippen molar-refractivity contribution >= 4 is 17.2 Å². The van der Waals surface area contributed by atoms with E-state index in [2.05, 4.69) is 19.1 Å².